The van der Waals surface area contributed by atoms with Gasteiger partial charge in [0.05, 0.1) is 23.9 Å². The molecule has 6 heteroatoms. The van der Waals surface area contributed by atoms with Gasteiger partial charge in [0.2, 0.25) is 0 Å². The largest absolute Gasteiger partial charge is 0.394 e. The molecule has 2 rings (SSSR count). The van der Waals surface area contributed by atoms with Crippen molar-refractivity contribution in [1.29, 1.82) is 0 Å². The maximum atomic E-state index is 12.2. The number of aliphatic hydroxyl groups excluding tert-OH is 1. The Balaban J connectivity index is 2.20. The molecule has 0 fully saturated rings. The van der Waals surface area contributed by atoms with Crippen LogP contribution in [0, 0.1) is 6.92 Å². The van der Waals surface area contributed by atoms with E-state index in [2.05, 4.69) is 15.3 Å². The third-order valence-corrected chi connectivity index (χ3v) is 3.05. The second kappa shape index (κ2) is 6.45. The minimum atomic E-state index is -0.505. The molecule has 1 aromatic heterocycles. The standard InChI is InChI=1S/C14H14ClN3O2/c1-9-16-7-11(15)13(17-9)14(20)18-12(8-19)10-5-3-2-4-6-10/h2-7,12,19H,8H2,1H3,(H,18,20)/t12-/m1/s1. The van der Waals surface area contributed by atoms with Crippen LogP contribution in [-0.2, 0) is 0 Å². The van der Waals surface area contributed by atoms with Gasteiger partial charge >= 0.3 is 0 Å². The van der Waals surface area contributed by atoms with Crippen molar-refractivity contribution in [3.63, 3.8) is 0 Å². The molecule has 0 aliphatic rings. The number of amides is 1. The molecule has 0 saturated heterocycles. The van der Waals surface area contributed by atoms with Gasteiger partial charge in [-0.1, -0.05) is 41.9 Å². The Hall–Kier alpha value is -1.98. The van der Waals surface area contributed by atoms with E-state index in [4.69, 9.17) is 11.6 Å². The Morgan fingerprint density at radius 2 is 2.10 bits per heavy atom. The van der Waals surface area contributed by atoms with Gasteiger partial charge in [-0.25, -0.2) is 9.97 Å². The van der Waals surface area contributed by atoms with Gasteiger partial charge in [-0.05, 0) is 12.5 Å². The normalized spacial score (nSPS) is 11.9. The molecule has 2 aromatic rings. The maximum Gasteiger partial charge on any atom is 0.272 e. The molecule has 0 aliphatic carbocycles. The van der Waals surface area contributed by atoms with E-state index in [1.165, 1.54) is 6.20 Å². The van der Waals surface area contributed by atoms with Gasteiger partial charge in [0.25, 0.3) is 5.91 Å². The van der Waals surface area contributed by atoms with E-state index in [1.54, 1.807) is 6.92 Å². The maximum absolute atomic E-state index is 12.2. The fourth-order valence-electron chi connectivity index (χ4n) is 1.76. The van der Waals surface area contributed by atoms with Crippen molar-refractivity contribution in [2.24, 2.45) is 0 Å². The van der Waals surface area contributed by atoms with Crippen LogP contribution in [0.15, 0.2) is 36.5 Å². The molecule has 0 spiro atoms. The van der Waals surface area contributed by atoms with Gasteiger partial charge in [-0.15, -0.1) is 0 Å². The number of hydrogen-bond donors (Lipinski definition) is 2. The quantitative estimate of drug-likeness (QED) is 0.902. The highest BCUT2D eigenvalue weighted by Crippen LogP contribution is 2.16. The molecule has 1 amide bonds. The average Bonchev–Trinajstić information content (AvgIpc) is 2.48. The highest BCUT2D eigenvalue weighted by Gasteiger charge is 2.18. The van der Waals surface area contributed by atoms with E-state index in [-0.39, 0.29) is 17.3 Å². The predicted octanol–water partition coefficient (Wildman–Crippen LogP) is 1.90. The zero-order valence-corrected chi connectivity index (χ0v) is 11.6. The van der Waals surface area contributed by atoms with Gasteiger partial charge in [-0.3, -0.25) is 4.79 Å². The average molecular weight is 292 g/mol. The minimum Gasteiger partial charge on any atom is -0.394 e. The van der Waals surface area contributed by atoms with Crippen molar-refractivity contribution in [3.8, 4) is 0 Å². The molecule has 0 saturated carbocycles. The number of rotatable bonds is 4. The lowest BCUT2D eigenvalue weighted by atomic mass is 10.1. The Labute approximate surface area is 121 Å². The molecule has 20 heavy (non-hydrogen) atoms. The summed E-state index contributed by atoms with van der Waals surface area (Å²) >= 11 is 5.92. The number of aromatic nitrogens is 2. The number of halogens is 1. The highest BCUT2D eigenvalue weighted by atomic mass is 35.5. The molecule has 5 nitrogen and oxygen atoms in total. The van der Waals surface area contributed by atoms with Crippen LogP contribution in [-0.4, -0.2) is 27.6 Å². The van der Waals surface area contributed by atoms with Crippen LogP contribution in [0.5, 0.6) is 0 Å². The number of nitrogens with zero attached hydrogens (tertiary/aromatic N) is 2. The molecule has 1 aromatic carbocycles. The van der Waals surface area contributed by atoms with Crippen LogP contribution in [0.4, 0.5) is 0 Å². The van der Waals surface area contributed by atoms with Crippen LogP contribution in [0.25, 0.3) is 0 Å². The molecule has 0 radical (unpaired) electrons. The van der Waals surface area contributed by atoms with Crippen molar-refractivity contribution in [3.05, 3.63) is 58.6 Å². The fourth-order valence-corrected chi connectivity index (χ4v) is 1.94. The number of carbonyl (C=O) groups is 1. The summed E-state index contributed by atoms with van der Waals surface area (Å²) in [6, 6.07) is 8.69. The lowest BCUT2D eigenvalue weighted by molar-refractivity contribution is 0.0911. The van der Waals surface area contributed by atoms with E-state index in [0.29, 0.717) is 5.82 Å². The van der Waals surface area contributed by atoms with Crippen LogP contribution in [0.2, 0.25) is 5.02 Å². The second-order valence-corrected chi connectivity index (χ2v) is 4.64. The van der Waals surface area contributed by atoms with Crippen molar-refractivity contribution < 1.29 is 9.90 Å². The summed E-state index contributed by atoms with van der Waals surface area (Å²) in [5.41, 5.74) is 0.916. The summed E-state index contributed by atoms with van der Waals surface area (Å²) in [5.74, 6) is 0.0169. The van der Waals surface area contributed by atoms with Gasteiger partial charge in [0, 0.05) is 0 Å². The third-order valence-electron chi connectivity index (χ3n) is 2.77. The summed E-state index contributed by atoms with van der Waals surface area (Å²) in [7, 11) is 0. The zero-order chi connectivity index (χ0) is 14.5. The first-order valence-electron chi connectivity index (χ1n) is 6.07. The summed E-state index contributed by atoms with van der Waals surface area (Å²) in [4.78, 5) is 20.1. The van der Waals surface area contributed by atoms with Crippen LogP contribution >= 0.6 is 11.6 Å². The number of nitrogens with one attached hydrogen (secondary N) is 1. The SMILES string of the molecule is Cc1ncc(Cl)c(C(=O)N[C@H](CO)c2ccccc2)n1. The van der Waals surface area contributed by atoms with Crippen LogP contribution in [0.3, 0.4) is 0 Å². The Morgan fingerprint density at radius 1 is 1.40 bits per heavy atom. The third kappa shape index (κ3) is 3.31. The van der Waals surface area contributed by atoms with Crippen molar-refractivity contribution >= 4 is 17.5 Å². The number of aliphatic hydroxyl groups is 1. The first-order chi connectivity index (χ1) is 9.61. The van der Waals surface area contributed by atoms with Crippen LogP contribution in [0.1, 0.15) is 27.9 Å². The number of hydrogen-bond acceptors (Lipinski definition) is 4. The van der Waals surface area contributed by atoms with Crippen molar-refractivity contribution in [2.45, 2.75) is 13.0 Å². The Morgan fingerprint density at radius 3 is 2.75 bits per heavy atom. The monoisotopic (exact) mass is 291 g/mol. The smallest absolute Gasteiger partial charge is 0.272 e. The van der Waals surface area contributed by atoms with Gasteiger partial charge in [0.15, 0.2) is 0 Å². The molecule has 0 bridgehead atoms. The van der Waals surface area contributed by atoms with E-state index in [9.17, 15) is 9.90 Å². The second-order valence-electron chi connectivity index (χ2n) is 4.23. The molecule has 2 N–H and O–H groups in total. The van der Waals surface area contributed by atoms with E-state index in [0.717, 1.165) is 5.56 Å². The van der Waals surface area contributed by atoms with Crippen molar-refractivity contribution in [1.82, 2.24) is 15.3 Å². The lowest BCUT2D eigenvalue weighted by Gasteiger charge is -2.16. The molecule has 1 atom stereocenters. The summed E-state index contributed by atoms with van der Waals surface area (Å²) in [5, 5.41) is 12.3. The van der Waals surface area contributed by atoms with E-state index >= 15 is 0 Å². The Bertz CT molecular complexity index is 605. The van der Waals surface area contributed by atoms with Crippen molar-refractivity contribution in [2.75, 3.05) is 6.61 Å². The zero-order valence-electron chi connectivity index (χ0n) is 10.9. The first-order valence-corrected chi connectivity index (χ1v) is 6.45. The minimum absolute atomic E-state index is 0.105. The topological polar surface area (TPSA) is 75.1 Å². The molecule has 104 valence electrons. The van der Waals surface area contributed by atoms with Crippen LogP contribution < -0.4 is 5.32 Å². The van der Waals surface area contributed by atoms with Gasteiger partial charge in [-0.2, -0.15) is 0 Å². The molecule has 0 aliphatic heterocycles. The predicted molar refractivity (Wildman–Crippen MR) is 75.5 cm³/mol. The summed E-state index contributed by atoms with van der Waals surface area (Å²) in [6.45, 7) is 1.46. The number of aryl methyl sites for hydroxylation is 1. The number of benzene rings is 1. The number of carbonyl (C=O) groups excluding carboxylic acids is 1. The van der Waals surface area contributed by atoms with Gasteiger partial charge < -0.3 is 10.4 Å². The summed E-state index contributed by atoms with van der Waals surface area (Å²) in [6.07, 6.45) is 1.38. The molecular weight excluding hydrogens is 278 g/mol. The highest BCUT2D eigenvalue weighted by molar-refractivity contribution is 6.33. The molecule has 0 unspecified atom stereocenters. The first kappa shape index (κ1) is 14.4. The summed E-state index contributed by atoms with van der Waals surface area (Å²) < 4.78 is 0. The van der Waals surface area contributed by atoms with E-state index in [1.807, 2.05) is 30.3 Å². The van der Waals surface area contributed by atoms with E-state index < -0.39 is 11.9 Å². The molecular formula is C14H14ClN3O2. The lowest BCUT2D eigenvalue weighted by Crippen LogP contribution is -2.31. The Kier molecular flexibility index (Phi) is 4.65. The van der Waals surface area contributed by atoms with Gasteiger partial charge in [0.1, 0.15) is 11.5 Å². The fraction of sp³-hybridized carbons (Fsp3) is 0.214. The molecule has 1 heterocycles.